The lowest BCUT2D eigenvalue weighted by Gasteiger charge is -2.43. The van der Waals surface area contributed by atoms with E-state index < -0.39 is 16.9 Å². The van der Waals surface area contributed by atoms with Gasteiger partial charge in [-0.3, -0.25) is 24.7 Å². The van der Waals surface area contributed by atoms with Gasteiger partial charge in [0, 0.05) is 36.3 Å². The van der Waals surface area contributed by atoms with Gasteiger partial charge in [-0.2, -0.15) is 0 Å². The molecule has 0 aromatic heterocycles. The van der Waals surface area contributed by atoms with Crippen molar-refractivity contribution in [3.8, 4) is 0 Å². The van der Waals surface area contributed by atoms with Gasteiger partial charge in [0.25, 0.3) is 5.69 Å². The fourth-order valence-corrected chi connectivity index (χ4v) is 8.15. The summed E-state index contributed by atoms with van der Waals surface area (Å²) >= 11 is 0. The van der Waals surface area contributed by atoms with Crippen LogP contribution in [0.2, 0.25) is 0 Å². The molecule has 2 unspecified atom stereocenters. The van der Waals surface area contributed by atoms with Crippen LogP contribution in [0, 0.1) is 10.1 Å². The van der Waals surface area contributed by atoms with Crippen molar-refractivity contribution >= 4 is 24.2 Å². The van der Waals surface area contributed by atoms with Gasteiger partial charge in [-0.25, -0.2) is 0 Å². The topological polar surface area (TPSA) is 99.4 Å². The highest BCUT2D eigenvalue weighted by Gasteiger charge is 2.41. The van der Waals surface area contributed by atoms with Crippen LogP contribution in [0.15, 0.2) is 101 Å². The van der Waals surface area contributed by atoms with E-state index >= 15 is 0 Å². The average molecular weight is 692 g/mol. The predicted octanol–water partition coefficient (Wildman–Crippen LogP) is 8.11. The molecule has 0 saturated carbocycles. The lowest BCUT2D eigenvalue weighted by molar-refractivity contribution is -0.384. The van der Waals surface area contributed by atoms with Gasteiger partial charge in [0.05, 0.1) is 28.3 Å². The fraction of sp³-hybridized carbons (Fsp3) is 0.452. The zero-order valence-corrected chi connectivity index (χ0v) is 30.5. The number of unbranched alkanes of at least 4 members (excludes halogenated alkanes) is 2. The van der Waals surface area contributed by atoms with Crippen LogP contribution >= 0.6 is 0 Å². The van der Waals surface area contributed by atoms with Crippen molar-refractivity contribution in [1.29, 1.82) is 0 Å². The number of non-ortho nitro benzene ring substituents is 1. The van der Waals surface area contributed by atoms with E-state index in [0.29, 0.717) is 25.9 Å². The minimum Gasteiger partial charge on any atom is -0.336 e. The third-order valence-electron chi connectivity index (χ3n) is 10.9. The summed E-state index contributed by atoms with van der Waals surface area (Å²) in [5.41, 5.74) is 6.10. The van der Waals surface area contributed by atoms with Crippen molar-refractivity contribution in [2.75, 3.05) is 32.7 Å². The molecule has 2 atom stereocenters. The van der Waals surface area contributed by atoms with Gasteiger partial charge >= 0.3 is 0 Å². The van der Waals surface area contributed by atoms with E-state index in [-0.39, 0.29) is 11.1 Å². The molecule has 2 amide bonds. The SMILES string of the molecule is CCCCCC1=C(N(C=O)CCCN2CCC(c3ccccc3)(c3ccccc3)CC2)C(c2ccc([N+](=O)[O-])cc2)C(N(C=O)CC)C(CC)=N1. The number of likely N-dealkylation sites (tertiary alicyclic amines) is 1. The Labute approximate surface area is 303 Å². The number of benzene rings is 3. The molecule has 9 heteroatoms. The molecule has 0 N–H and O–H groups in total. The summed E-state index contributed by atoms with van der Waals surface area (Å²) in [6, 6.07) is 27.9. The highest BCUT2D eigenvalue weighted by molar-refractivity contribution is 5.94. The van der Waals surface area contributed by atoms with Crippen molar-refractivity contribution in [3.05, 3.63) is 123 Å². The molecule has 9 nitrogen and oxygen atoms in total. The maximum Gasteiger partial charge on any atom is 0.269 e. The number of aliphatic imine (C=N–C) groups is 1. The summed E-state index contributed by atoms with van der Waals surface area (Å²) in [6.07, 6.45) is 8.98. The molecule has 0 radical (unpaired) electrons. The largest absolute Gasteiger partial charge is 0.336 e. The number of allylic oxidation sites excluding steroid dienone is 1. The zero-order valence-electron chi connectivity index (χ0n) is 30.5. The Balaban J connectivity index is 1.41. The van der Waals surface area contributed by atoms with Gasteiger partial charge in [0.1, 0.15) is 0 Å². The van der Waals surface area contributed by atoms with Crippen LogP contribution < -0.4 is 0 Å². The second-order valence-corrected chi connectivity index (χ2v) is 13.8. The van der Waals surface area contributed by atoms with Crippen LogP contribution in [0.1, 0.15) is 94.7 Å². The first-order chi connectivity index (χ1) is 24.9. The molecular formula is C42H53N5O4. The summed E-state index contributed by atoms with van der Waals surface area (Å²) < 4.78 is 0. The first-order valence-corrected chi connectivity index (χ1v) is 18.7. The van der Waals surface area contributed by atoms with Gasteiger partial charge in [0.15, 0.2) is 0 Å². The van der Waals surface area contributed by atoms with Crippen molar-refractivity contribution < 1.29 is 14.5 Å². The van der Waals surface area contributed by atoms with Crippen molar-refractivity contribution in [2.24, 2.45) is 4.99 Å². The molecule has 0 bridgehead atoms. The van der Waals surface area contributed by atoms with E-state index in [4.69, 9.17) is 4.99 Å². The van der Waals surface area contributed by atoms with E-state index in [2.05, 4.69) is 72.5 Å². The molecule has 3 aromatic rings. The maximum absolute atomic E-state index is 13.1. The molecule has 2 aliphatic heterocycles. The van der Waals surface area contributed by atoms with Crippen LogP contribution in [0.5, 0.6) is 0 Å². The Morgan fingerprint density at radius 3 is 2.00 bits per heavy atom. The Bertz CT molecular complexity index is 1610. The lowest BCUT2D eigenvalue weighted by atomic mass is 9.68. The van der Waals surface area contributed by atoms with E-state index in [0.717, 1.165) is 93.6 Å². The number of carbonyl (C=O) groups excluding carboxylic acids is 2. The van der Waals surface area contributed by atoms with Gasteiger partial charge in [-0.05, 0) is 81.8 Å². The third kappa shape index (κ3) is 8.47. The first kappa shape index (κ1) is 37.6. The number of nitro groups is 1. The molecule has 3 aromatic carbocycles. The fourth-order valence-electron chi connectivity index (χ4n) is 8.15. The smallest absolute Gasteiger partial charge is 0.269 e. The molecule has 1 fully saturated rings. The van der Waals surface area contributed by atoms with E-state index in [1.807, 2.05) is 18.7 Å². The molecule has 5 rings (SSSR count). The number of rotatable bonds is 18. The summed E-state index contributed by atoms with van der Waals surface area (Å²) in [6.45, 7) is 9.90. The van der Waals surface area contributed by atoms with Crippen LogP contribution in [0.25, 0.3) is 0 Å². The molecule has 0 spiro atoms. The van der Waals surface area contributed by atoms with E-state index in [1.54, 1.807) is 17.0 Å². The standard InChI is InChI=1S/C42H53N5O4/c1-4-7-10-20-38-41(39(33-21-23-36(24-22-33)47(50)51)40(37(5-2)43-38)45(6-3)31-48)46(32-49)28-15-27-44-29-25-42(26-30-44,34-16-11-8-12-17-34)35-18-13-9-14-19-35/h8-9,11-14,16-19,21-24,31-32,39-40H,4-7,10,15,20,25-30H2,1-3H3. The minimum absolute atomic E-state index is 0.00393. The Kier molecular flexibility index (Phi) is 13.3. The number of nitro benzene ring substituents is 1. The summed E-state index contributed by atoms with van der Waals surface area (Å²) in [5.74, 6) is -0.391. The predicted molar refractivity (Wildman–Crippen MR) is 204 cm³/mol. The minimum atomic E-state index is -0.405. The molecule has 2 aliphatic rings. The van der Waals surface area contributed by atoms with Gasteiger partial charge in [-0.15, -0.1) is 0 Å². The molecule has 0 aliphatic carbocycles. The molecular weight excluding hydrogens is 638 g/mol. The second kappa shape index (κ2) is 18.0. The molecule has 1 saturated heterocycles. The van der Waals surface area contributed by atoms with E-state index in [1.165, 1.54) is 23.3 Å². The van der Waals surface area contributed by atoms with Crippen LogP contribution in [0.4, 0.5) is 5.69 Å². The first-order valence-electron chi connectivity index (χ1n) is 18.7. The molecule has 270 valence electrons. The highest BCUT2D eigenvalue weighted by Crippen LogP contribution is 2.43. The van der Waals surface area contributed by atoms with Crippen molar-refractivity contribution in [3.63, 3.8) is 0 Å². The normalized spacial score (nSPS) is 18.9. The number of amides is 2. The number of carbonyl (C=O) groups is 2. The number of piperidine rings is 1. The quantitative estimate of drug-likeness (QED) is 0.0581. The monoisotopic (exact) mass is 691 g/mol. The number of nitrogens with zero attached hydrogens (tertiary/aromatic N) is 5. The maximum atomic E-state index is 13.1. The van der Waals surface area contributed by atoms with Gasteiger partial charge in [0.2, 0.25) is 12.8 Å². The Morgan fingerprint density at radius 2 is 1.49 bits per heavy atom. The Morgan fingerprint density at radius 1 is 0.863 bits per heavy atom. The second-order valence-electron chi connectivity index (χ2n) is 13.8. The highest BCUT2D eigenvalue weighted by atomic mass is 16.6. The van der Waals surface area contributed by atoms with Gasteiger partial charge < -0.3 is 14.7 Å². The molecule has 2 heterocycles. The summed E-state index contributed by atoms with van der Waals surface area (Å²) in [7, 11) is 0. The van der Waals surface area contributed by atoms with Crippen LogP contribution in [-0.4, -0.2) is 76.9 Å². The zero-order chi connectivity index (χ0) is 36.2. The number of likely N-dealkylation sites (N-methyl/N-ethyl adjacent to an activating group) is 1. The van der Waals surface area contributed by atoms with Crippen LogP contribution in [-0.2, 0) is 15.0 Å². The Hall–Kier alpha value is -4.63. The van der Waals surface area contributed by atoms with Crippen LogP contribution in [0.3, 0.4) is 0 Å². The number of hydrogen-bond donors (Lipinski definition) is 0. The van der Waals surface area contributed by atoms with Crippen molar-refractivity contribution in [1.82, 2.24) is 14.7 Å². The molecule has 51 heavy (non-hydrogen) atoms. The third-order valence-corrected chi connectivity index (χ3v) is 10.9. The lowest BCUT2D eigenvalue weighted by Crippen LogP contribution is -2.49. The summed E-state index contributed by atoms with van der Waals surface area (Å²) in [4.78, 5) is 48.0. The van der Waals surface area contributed by atoms with Gasteiger partial charge in [-0.1, -0.05) is 99.5 Å². The number of hydrogen-bond acceptors (Lipinski definition) is 6. The van der Waals surface area contributed by atoms with E-state index in [9.17, 15) is 19.7 Å². The average Bonchev–Trinajstić information content (AvgIpc) is 3.18. The summed E-state index contributed by atoms with van der Waals surface area (Å²) in [5, 5.41) is 11.6. The van der Waals surface area contributed by atoms with Crippen molar-refractivity contribution in [2.45, 2.75) is 89.5 Å².